The van der Waals surface area contributed by atoms with Crippen LogP contribution in [0.4, 0.5) is 0 Å². The molecule has 4 rings (SSSR count). The number of benzene rings is 3. The number of aromatic amines is 1. The molecule has 0 bridgehead atoms. The number of nitrogens with zero attached hydrogens (tertiary/aromatic N) is 1. The molecule has 4 aromatic rings. The number of carbonyl (C=O) groups is 1. The fourth-order valence-electron chi connectivity index (χ4n) is 3.47. The lowest BCUT2D eigenvalue weighted by Crippen LogP contribution is -2.26. The van der Waals surface area contributed by atoms with E-state index >= 15 is 0 Å². The Labute approximate surface area is 206 Å². The van der Waals surface area contributed by atoms with Gasteiger partial charge in [-0.2, -0.15) is 5.26 Å². The second-order valence-electron chi connectivity index (χ2n) is 7.52. The number of rotatable bonds is 8. The van der Waals surface area contributed by atoms with Crippen molar-refractivity contribution in [3.63, 3.8) is 0 Å². The van der Waals surface area contributed by atoms with Gasteiger partial charge in [-0.1, -0.05) is 42.5 Å². The molecule has 0 aliphatic rings. The van der Waals surface area contributed by atoms with Crippen LogP contribution >= 0.6 is 22.6 Å². The molecular weight excluding hydrogens is 525 g/mol. The zero-order valence-corrected chi connectivity index (χ0v) is 20.0. The molecule has 0 atom stereocenters. The van der Waals surface area contributed by atoms with Gasteiger partial charge in [-0.15, -0.1) is 0 Å². The highest BCUT2D eigenvalue weighted by Crippen LogP contribution is 2.18. The van der Waals surface area contributed by atoms with Crippen molar-refractivity contribution in [3.05, 3.63) is 105 Å². The number of hydrogen-bond donors (Lipinski definition) is 2. The maximum atomic E-state index is 12.5. The Morgan fingerprint density at radius 3 is 2.58 bits per heavy atom. The SMILES string of the molecule is N#C/C(=C/c1ccc(OCc2ccc(I)cc2)cc1)C(=O)NCCc1c[nH]c2ccccc12. The van der Waals surface area contributed by atoms with Crippen LogP contribution in [0.3, 0.4) is 0 Å². The number of carbonyl (C=O) groups excluding carboxylic acids is 1. The Hall–Kier alpha value is -3.57. The number of halogens is 1. The van der Waals surface area contributed by atoms with E-state index in [0.29, 0.717) is 19.6 Å². The summed E-state index contributed by atoms with van der Waals surface area (Å²) in [5.74, 6) is 0.351. The fraction of sp³-hybridized carbons (Fsp3) is 0.111. The fourth-order valence-corrected chi connectivity index (χ4v) is 3.83. The molecule has 1 amide bonds. The number of fused-ring (bicyclic) bond motifs is 1. The van der Waals surface area contributed by atoms with Crippen molar-refractivity contribution in [3.8, 4) is 11.8 Å². The predicted molar refractivity (Wildman–Crippen MR) is 139 cm³/mol. The van der Waals surface area contributed by atoms with E-state index in [2.05, 4.69) is 39.0 Å². The van der Waals surface area contributed by atoms with E-state index in [-0.39, 0.29) is 11.5 Å². The molecule has 0 aliphatic carbocycles. The second kappa shape index (κ2) is 10.8. The smallest absolute Gasteiger partial charge is 0.261 e. The molecule has 3 aromatic carbocycles. The Morgan fingerprint density at radius 1 is 1.06 bits per heavy atom. The molecule has 164 valence electrons. The van der Waals surface area contributed by atoms with Gasteiger partial charge < -0.3 is 15.0 Å². The van der Waals surface area contributed by atoms with Crippen LogP contribution in [0.15, 0.2) is 84.6 Å². The number of aromatic nitrogens is 1. The van der Waals surface area contributed by atoms with Gasteiger partial charge >= 0.3 is 0 Å². The number of ether oxygens (including phenoxy) is 1. The molecule has 5 nitrogen and oxygen atoms in total. The van der Waals surface area contributed by atoms with E-state index < -0.39 is 0 Å². The zero-order valence-electron chi connectivity index (χ0n) is 17.8. The topological polar surface area (TPSA) is 77.9 Å². The summed E-state index contributed by atoms with van der Waals surface area (Å²) in [4.78, 5) is 15.7. The van der Waals surface area contributed by atoms with Crippen LogP contribution in [0.1, 0.15) is 16.7 Å². The Morgan fingerprint density at radius 2 is 1.82 bits per heavy atom. The highest BCUT2D eigenvalue weighted by molar-refractivity contribution is 14.1. The van der Waals surface area contributed by atoms with E-state index in [1.165, 1.54) is 3.57 Å². The van der Waals surface area contributed by atoms with Gasteiger partial charge in [0, 0.05) is 27.2 Å². The third-order valence-corrected chi connectivity index (χ3v) is 5.95. The van der Waals surface area contributed by atoms with Crippen LogP contribution < -0.4 is 10.1 Å². The first kappa shape index (κ1) is 22.6. The molecule has 0 saturated carbocycles. The number of amides is 1. The van der Waals surface area contributed by atoms with Crippen molar-refractivity contribution in [2.75, 3.05) is 6.54 Å². The van der Waals surface area contributed by atoms with Crippen molar-refractivity contribution in [2.45, 2.75) is 13.0 Å². The van der Waals surface area contributed by atoms with Gasteiger partial charge in [0.05, 0.1) is 0 Å². The quantitative estimate of drug-likeness (QED) is 0.171. The highest BCUT2D eigenvalue weighted by atomic mass is 127. The minimum absolute atomic E-state index is 0.0708. The Bertz CT molecular complexity index is 1320. The van der Waals surface area contributed by atoms with E-state index in [0.717, 1.165) is 33.3 Å². The minimum atomic E-state index is -0.378. The first-order valence-electron chi connectivity index (χ1n) is 10.5. The number of nitriles is 1. The third-order valence-electron chi connectivity index (χ3n) is 5.23. The van der Waals surface area contributed by atoms with Crippen LogP contribution in [-0.2, 0) is 17.8 Å². The number of hydrogen-bond acceptors (Lipinski definition) is 3. The first-order valence-corrected chi connectivity index (χ1v) is 11.6. The van der Waals surface area contributed by atoms with E-state index in [1.54, 1.807) is 6.08 Å². The van der Waals surface area contributed by atoms with Gasteiger partial charge in [0.15, 0.2) is 0 Å². The standard InChI is InChI=1S/C27H22IN3O2/c28-23-9-5-20(6-10-23)18-33-24-11-7-19(8-12-24)15-22(16-29)27(32)30-14-13-21-17-31-26-4-2-1-3-25(21)26/h1-12,15,17,31H,13-14,18H2,(H,30,32)/b22-15-. The van der Waals surface area contributed by atoms with Crippen molar-refractivity contribution in [1.82, 2.24) is 10.3 Å². The van der Waals surface area contributed by atoms with Gasteiger partial charge in [-0.3, -0.25) is 4.79 Å². The van der Waals surface area contributed by atoms with E-state index in [4.69, 9.17) is 4.74 Å². The van der Waals surface area contributed by atoms with Gasteiger partial charge in [0.2, 0.25) is 0 Å². The van der Waals surface area contributed by atoms with Gasteiger partial charge in [-0.25, -0.2) is 0 Å². The predicted octanol–water partition coefficient (Wildman–Crippen LogP) is 5.62. The highest BCUT2D eigenvalue weighted by Gasteiger charge is 2.10. The zero-order chi connectivity index (χ0) is 23.0. The summed E-state index contributed by atoms with van der Waals surface area (Å²) in [6, 6.07) is 25.5. The molecular formula is C27H22IN3O2. The molecule has 1 aromatic heterocycles. The lowest BCUT2D eigenvalue weighted by Gasteiger charge is -2.07. The van der Waals surface area contributed by atoms with E-state index in [9.17, 15) is 10.1 Å². The minimum Gasteiger partial charge on any atom is -0.489 e. The molecule has 0 aliphatic heterocycles. The average Bonchev–Trinajstić information content (AvgIpc) is 3.26. The lowest BCUT2D eigenvalue weighted by molar-refractivity contribution is -0.117. The molecule has 1 heterocycles. The Balaban J connectivity index is 1.32. The number of nitrogens with one attached hydrogen (secondary N) is 2. The van der Waals surface area contributed by atoms with Gasteiger partial charge in [0.25, 0.3) is 5.91 Å². The molecule has 6 heteroatoms. The third kappa shape index (κ3) is 6.02. The maximum absolute atomic E-state index is 12.5. The van der Waals surface area contributed by atoms with Crippen molar-refractivity contribution in [2.24, 2.45) is 0 Å². The van der Waals surface area contributed by atoms with Gasteiger partial charge in [-0.05, 0) is 82.1 Å². The summed E-state index contributed by atoms with van der Waals surface area (Å²) in [6.07, 6.45) is 4.23. The molecule has 2 N–H and O–H groups in total. The lowest BCUT2D eigenvalue weighted by atomic mass is 10.1. The largest absolute Gasteiger partial charge is 0.489 e. The molecule has 0 spiro atoms. The van der Waals surface area contributed by atoms with Crippen molar-refractivity contribution < 1.29 is 9.53 Å². The Kier molecular flexibility index (Phi) is 7.43. The molecule has 0 fully saturated rings. The van der Waals surface area contributed by atoms with Crippen LogP contribution in [-0.4, -0.2) is 17.4 Å². The average molecular weight is 547 g/mol. The summed E-state index contributed by atoms with van der Waals surface area (Å²) in [7, 11) is 0. The van der Waals surface area contributed by atoms with E-state index in [1.807, 2.05) is 79.0 Å². The maximum Gasteiger partial charge on any atom is 0.261 e. The number of H-pyrrole nitrogens is 1. The van der Waals surface area contributed by atoms with Crippen LogP contribution in [0, 0.1) is 14.9 Å². The summed E-state index contributed by atoms with van der Waals surface area (Å²) >= 11 is 2.27. The van der Waals surface area contributed by atoms with Crippen LogP contribution in [0.5, 0.6) is 5.75 Å². The molecule has 0 radical (unpaired) electrons. The van der Waals surface area contributed by atoms with Crippen LogP contribution in [0.25, 0.3) is 17.0 Å². The first-order chi connectivity index (χ1) is 16.1. The van der Waals surface area contributed by atoms with Crippen molar-refractivity contribution >= 4 is 45.5 Å². The molecule has 0 saturated heterocycles. The normalized spacial score (nSPS) is 11.2. The van der Waals surface area contributed by atoms with Crippen molar-refractivity contribution in [1.29, 1.82) is 5.26 Å². The summed E-state index contributed by atoms with van der Waals surface area (Å²) in [6.45, 7) is 0.930. The molecule has 0 unspecified atom stereocenters. The monoisotopic (exact) mass is 547 g/mol. The summed E-state index contributed by atoms with van der Waals surface area (Å²) in [5.41, 5.74) is 4.13. The molecule has 33 heavy (non-hydrogen) atoms. The second-order valence-corrected chi connectivity index (χ2v) is 8.77. The summed E-state index contributed by atoms with van der Waals surface area (Å²) < 4.78 is 7.00. The number of para-hydroxylation sites is 1. The summed E-state index contributed by atoms with van der Waals surface area (Å²) in [5, 5.41) is 13.4. The van der Waals surface area contributed by atoms with Crippen LogP contribution in [0.2, 0.25) is 0 Å². The van der Waals surface area contributed by atoms with Gasteiger partial charge in [0.1, 0.15) is 24.0 Å².